The van der Waals surface area contributed by atoms with Gasteiger partial charge in [0.25, 0.3) is 0 Å². The van der Waals surface area contributed by atoms with Gasteiger partial charge in [0, 0.05) is 23.8 Å². The highest BCUT2D eigenvalue weighted by atomic mass is 79.9. The van der Waals surface area contributed by atoms with Crippen molar-refractivity contribution in [1.29, 1.82) is 0 Å². The third kappa shape index (κ3) is 5.94. The van der Waals surface area contributed by atoms with Crippen LogP contribution in [0.2, 0.25) is 0 Å². The summed E-state index contributed by atoms with van der Waals surface area (Å²) in [7, 11) is 0. The largest absolute Gasteiger partial charge is 0.356 e. The number of rotatable bonds is 7. The maximum atomic E-state index is 4.61. The summed E-state index contributed by atoms with van der Waals surface area (Å²) in [6.07, 6.45) is 4.34. The smallest absolute Gasteiger partial charge is 0.131 e. The summed E-state index contributed by atoms with van der Waals surface area (Å²) in [5, 5.41) is 0. The summed E-state index contributed by atoms with van der Waals surface area (Å²) < 4.78 is 1.06. The van der Waals surface area contributed by atoms with Crippen LogP contribution in [0.1, 0.15) is 46.1 Å². The summed E-state index contributed by atoms with van der Waals surface area (Å²) in [6.45, 7) is 13.5. The molecule has 0 aliphatic heterocycles. The Morgan fingerprint density at radius 3 is 2.05 bits per heavy atom. The maximum absolute atomic E-state index is 4.61. The van der Waals surface area contributed by atoms with Gasteiger partial charge in [0.2, 0.25) is 0 Å². The van der Waals surface area contributed by atoms with Gasteiger partial charge in [-0.05, 0) is 59.2 Å². The van der Waals surface area contributed by atoms with E-state index >= 15 is 0 Å². The fourth-order valence-electron chi connectivity index (χ4n) is 2.02. The zero-order valence-corrected chi connectivity index (χ0v) is 14.5. The van der Waals surface area contributed by atoms with Crippen LogP contribution in [0.25, 0.3) is 0 Å². The zero-order valence-electron chi connectivity index (χ0n) is 12.9. The molecular formula is C16H27BrN2. The minimum Gasteiger partial charge on any atom is -0.356 e. The molecule has 3 heteroatoms. The van der Waals surface area contributed by atoms with E-state index in [0.717, 1.165) is 35.2 Å². The van der Waals surface area contributed by atoms with Gasteiger partial charge in [-0.15, -0.1) is 0 Å². The molecule has 0 aliphatic rings. The van der Waals surface area contributed by atoms with E-state index in [4.69, 9.17) is 0 Å². The van der Waals surface area contributed by atoms with Gasteiger partial charge in [0.05, 0.1) is 0 Å². The molecule has 0 unspecified atom stereocenters. The number of pyridine rings is 1. The Hall–Kier alpha value is -0.570. The van der Waals surface area contributed by atoms with Crippen molar-refractivity contribution in [3.05, 3.63) is 22.3 Å². The zero-order chi connectivity index (χ0) is 14.4. The van der Waals surface area contributed by atoms with Crippen molar-refractivity contribution in [3.8, 4) is 0 Å². The van der Waals surface area contributed by atoms with Crippen LogP contribution in [0.4, 0.5) is 5.82 Å². The highest BCUT2D eigenvalue weighted by Gasteiger charge is 2.12. The molecule has 108 valence electrons. The second-order valence-corrected chi connectivity index (χ2v) is 7.06. The van der Waals surface area contributed by atoms with Gasteiger partial charge in [-0.2, -0.15) is 0 Å². The third-order valence-electron chi connectivity index (χ3n) is 3.27. The van der Waals surface area contributed by atoms with Crippen LogP contribution in [0.15, 0.2) is 16.7 Å². The van der Waals surface area contributed by atoms with Gasteiger partial charge in [-0.1, -0.05) is 27.7 Å². The minimum atomic E-state index is 0.734. The highest BCUT2D eigenvalue weighted by Crippen LogP contribution is 2.22. The van der Waals surface area contributed by atoms with Gasteiger partial charge in [-0.25, -0.2) is 4.98 Å². The Balaban J connectivity index is 2.81. The molecular weight excluding hydrogens is 300 g/mol. The summed E-state index contributed by atoms with van der Waals surface area (Å²) in [5.41, 5.74) is 1.25. The van der Waals surface area contributed by atoms with Crippen molar-refractivity contribution < 1.29 is 0 Å². The van der Waals surface area contributed by atoms with Crippen molar-refractivity contribution in [2.24, 2.45) is 11.8 Å². The van der Waals surface area contributed by atoms with E-state index in [9.17, 15) is 0 Å². The first-order valence-electron chi connectivity index (χ1n) is 7.27. The summed E-state index contributed by atoms with van der Waals surface area (Å²) in [6, 6.07) is 2.15. The minimum absolute atomic E-state index is 0.734. The Morgan fingerprint density at radius 2 is 1.63 bits per heavy atom. The van der Waals surface area contributed by atoms with E-state index in [0.29, 0.717) is 0 Å². The quantitative estimate of drug-likeness (QED) is 0.696. The van der Waals surface area contributed by atoms with E-state index in [1.165, 1.54) is 18.4 Å². The number of hydrogen-bond donors (Lipinski definition) is 0. The first-order chi connectivity index (χ1) is 8.90. The van der Waals surface area contributed by atoms with Gasteiger partial charge in [0.15, 0.2) is 0 Å². The summed E-state index contributed by atoms with van der Waals surface area (Å²) in [5.74, 6) is 2.61. The van der Waals surface area contributed by atoms with Crippen molar-refractivity contribution in [3.63, 3.8) is 0 Å². The SMILES string of the molecule is Cc1cc(Br)cnc1N(CCC(C)C)CCC(C)C. The molecule has 0 amide bonds. The standard InChI is InChI=1S/C16H27BrN2/c1-12(2)6-8-19(9-7-13(3)4)16-14(5)10-15(17)11-18-16/h10-13H,6-9H2,1-5H3. The van der Waals surface area contributed by atoms with Gasteiger partial charge < -0.3 is 4.90 Å². The Kier molecular flexibility index (Phi) is 6.84. The number of aryl methyl sites for hydroxylation is 1. The molecule has 19 heavy (non-hydrogen) atoms. The van der Waals surface area contributed by atoms with Gasteiger partial charge in [-0.3, -0.25) is 0 Å². The lowest BCUT2D eigenvalue weighted by atomic mass is 10.1. The first-order valence-corrected chi connectivity index (χ1v) is 8.06. The molecule has 0 N–H and O–H groups in total. The van der Waals surface area contributed by atoms with Crippen LogP contribution in [-0.4, -0.2) is 18.1 Å². The van der Waals surface area contributed by atoms with Crippen LogP contribution >= 0.6 is 15.9 Å². The van der Waals surface area contributed by atoms with Crippen molar-refractivity contribution in [2.45, 2.75) is 47.5 Å². The second-order valence-electron chi connectivity index (χ2n) is 6.15. The number of anilines is 1. The van der Waals surface area contributed by atoms with E-state index in [2.05, 4.69) is 66.5 Å². The van der Waals surface area contributed by atoms with Crippen molar-refractivity contribution in [1.82, 2.24) is 4.98 Å². The number of nitrogens with zero attached hydrogens (tertiary/aromatic N) is 2. The average molecular weight is 327 g/mol. The predicted molar refractivity (Wildman–Crippen MR) is 87.8 cm³/mol. The van der Waals surface area contributed by atoms with Crippen LogP contribution in [0.5, 0.6) is 0 Å². The summed E-state index contributed by atoms with van der Waals surface area (Å²) >= 11 is 3.49. The van der Waals surface area contributed by atoms with Gasteiger partial charge in [0.1, 0.15) is 5.82 Å². The molecule has 0 fully saturated rings. The lowest BCUT2D eigenvalue weighted by molar-refractivity contribution is 0.532. The van der Waals surface area contributed by atoms with E-state index in [1.54, 1.807) is 0 Å². The topological polar surface area (TPSA) is 16.1 Å². The van der Waals surface area contributed by atoms with Crippen LogP contribution in [0.3, 0.4) is 0 Å². The summed E-state index contributed by atoms with van der Waals surface area (Å²) in [4.78, 5) is 7.06. The molecule has 0 saturated heterocycles. The fourth-order valence-corrected chi connectivity index (χ4v) is 2.46. The Morgan fingerprint density at radius 1 is 1.11 bits per heavy atom. The molecule has 0 aromatic carbocycles. The molecule has 2 nitrogen and oxygen atoms in total. The first kappa shape index (κ1) is 16.5. The van der Waals surface area contributed by atoms with E-state index < -0.39 is 0 Å². The normalized spacial score (nSPS) is 11.4. The molecule has 0 radical (unpaired) electrons. The lowest BCUT2D eigenvalue weighted by Gasteiger charge is -2.27. The lowest BCUT2D eigenvalue weighted by Crippen LogP contribution is -2.29. The van der Waals surface area contributed by atoms with Crippen molar-refractivity contribution >= 4 is 21.7 Å². The Labute approximate surface area is 126 Å². The van der Waals surface area contributed by atoms with Crippen molar-refractivity contribution in [2.75, 3.05) is 18.0 Å². The molecule has 0 atom stereocenters. The number of aromatic nitrogens is 1. The molecule has 0 bridgehead atoms. The molecule has 1 aromatic rings. The van der Waals surface area contributed by atoms with E-state index in [1.807, 2.05) is 6.20 Å². The van der Waals surface area contributed by atoms with Gasteiger partial charge >= 0.3 is 0 Å². The molecule has 1 heterocycles. The third-order valence-corrected chi connectivity index (χ3v) is 3.70. The van der Waals surface area contributed by atoms with Crippen LogP contribution in [0, 0.1) is 18.8 Å². The molecule has 1 rings (SSSR count). The number of hydrogen-bond acceptors (Lipinski definition) is 2. The molecule has 0 saturated carbocycles. The second kappa shape index (κ2) is 7.88. The predicted octanol–water partition coefficient (Wildman–Crippen LogP) is 5.05. The molecule has 1 aromatic heterocycles. The fraction of sp³-hybridized carbons (Fsp3) is 0.688. The monoisotopic (exact) mass is 326 g/mol. The Bertz CT molecular complexity index is 376. The number of halogens is 1. The van der Waals surface area contributed by atoms with Crippen LogP contribution < -0.4 is 4.90 Å². The average Bonchev–Trinajstić information content (AvgIpc) is 2.30. The molecule has 0 spiro atoms. The maximum Gasteiger partial charge on any atom is 0.131 e. The van der Waals surface area contributed by atoms with Crippen LogP contribution in [-0.2, 0) is 0 Å². The highest BCUT2D eigenvalue weighted by molar-refractivity contribution is 9.10. The van der Waals surface area contributed by atoms with E-state index in [-0.39, 0.29) is 0 Å². The molecule has 0 aliphatic carbocycles.